The molecular formula is C22H31NO3P2. The fourth-order valence-corrected chi connectivity index (χ4v) is 8.39. The van der Waals surface area contributed by atoms with E-state index in [-0.39, 0.29) is 5.78 Å². The van der Waals surface area contributed by atoms with E-state index < -0.39 is 15.5 Å². The van der Waals surface area contributed by atoms with Gasteiger partial charge in [-0.05, 0) is 45.0 Å². The zero-order chi connectivity index (χ0) is 20.0. The Morgan fingerprint density at radius 3 is 1.89 bits per heavy atom. The third kappa shape index (κ3) is 5.12. The molecule has 6 heteroatoms. The molecule has 0 bridgehead atoms. The molecule has 1 heterocycles. The lowest BCUT2D eigenvalue weighted by molar-refractivity contribution is 0.212. The van der Waals surface area contributed by atoms with E-state index in [1.165, 1.54) is 10.6 Å². The Morgan fingerprint density at radius 1 is 0.964 bits per heavy atom. The quantitative estimate of drug-likeness (QED) is 0.387. The molecule has 0 aliphatic carbocycles. The number of hydrogen-bond acceptors (Lipinski definition) is 4. The molecule has 0 amide bonds. The van der Waals surface area contributed by atoms with Gasteiger partial charge in [0.15, 0.2) is 0 Å². The monoisotopic (exact) mass is 419 g/mol. The zero-order valence-corrected chi connectivity index (χ0v) is 18.8. The molecule has 0 N–H and O–H groups in total. The van der Waals surface area contributed by atoms with Crippen molar-refractivity contribution in [2.45, 2.75) is 39.0 Å². The van der Waals surface area contributed by atoms with E-state index in [9.17, 15) is 4.57 Å². The van der Waals surface area contributed by atoms with E-state index in [0.717, 1.165) is 19.1 Å². The summed E-state index contributed by atoms with van der Waals surface area (Å²) in [6.45, 7) is 7.59. The molecular weight excluding hydrogens is 388 g/mol. The molecule has 1 saturated heterocycles. The highest BCUT2D eigenvalue weighted by atomic mass is 31.2. The van der Waals surface area contributed by atoms with Gasteiger partial charge in [0.25, 0.3) is 0 Å². The van der Waals surface area contributed by atoms with Gasteiger partial charge in [-0.15, -0.1) is 0 Å². The number of hydrogen-bond donors (Lipinski definition) is 0. The van der Waals surface area contributed by atoms with Gasteiger partial charge in [0.05, 0.1) is 13.2 Å². The van der Waals surface area contributed by atoms with E-state index in [1.807, 2.05) is 13.8 Å². The van der Waals surface area contributed by atoms with Crippen molar-refractivity contribution in [1.82, 2.24) is 4.90 Å². The topological polar surface area (TPSA) is 38.5 Å². The Hall–Kier alpha value is -1.02. The van der Waals surface area contributed by atoms with Crippen molar-refractivity contribution < 1.29 is 13.6 Å². The first-order valence-electron chi connectivity index (χ1n) is 10.1. The fourth-order valence-electron chi connectivity index (χ4n) is 3.64. The van der Waals surface area contributed by atoms with Crippen LogP contribution in [0, 0.1) is 0 Å². The first-order chi connectivity index (χ1) is 13.6. The predicted octanol–water partition coefficient (Wildman–Crippen LogP) is 4.81. The van der Waals surface area contributed by atoms with Crippen molar-refractivity contribution in [1.29, 1.82) is 0 Å². The van der Waals surface area contributed by atoms with E-state index in [1.54, 1.807) is 0 Å². The average molecular weight is 419 g/mol. The van der Waals surface area contributed by atoms with Crippen molar-refractivity contribution in [3.05, 3.63) is 60.7 Å². The highest BCUT2D eigenvalue weighted by molar-refractivity contribution is 7.73. The molecule has 1 aliphatic heterocycles. The summed E-state index contributed by atoms with van der Waals surface area (Å²) in [4.78, 5) is 2.33. The normalized spacial score (nSPS) is 20.3. The van der Waals surface area contributed by atoms with Gasteiger partial charge in [-0.1, -0.05) is 67.6 Å². The lowest BCUT2D eigenvalue weighted by atomic mass is 10.3. The van der Waals surface area contributed by atoms with Crippen molar-refractivity contribution in [2.24, 2.45) is 0 Å². The molecule has 4 nitrogen and oxygen atoms in total. The van der Waals surface area contributed by atoms with Crippen LogP contribution in [0.5, 0.6) is 0 Å². The van der Waals surface area contributed by atoms with Crippen LogP contribution in [0.2, 0.25) is 0 Å². The van der Waals surface area contributed by atoms with Crippen molar-refractivity contribution >= 4 is 26.1 Å². The molecule has 3 rings (SSSR count). The molecule has 2 aromatic rings. The minimum atomic E-state index is -3.06. The van der Waals surface area contributed by atoms with Gasteiger partial charge in [0.2, 0.25) is 0 Å². The number of nitrogens with zero attached hydrogens (tertiary/aromatic N) is 1. The second kappa shape index (κ2) is 10.1. The van der Waals surface area contributed by atoms with Crippen LogP contribution in [-0.4, -0.2) is 42.6 Å². The van der Waals surface area contributed by atoms with E-state index >= 15 is 0 Å². The SMILES string of the molecule is CCOP(=O)(OCC)[C@@H]1CN1[C@H](CC)CP(c1ccccc1)c1ccccc1. The Kier molecular flexibility index (Phi) is 7.85. The standard InChI is InChI=1S/C22H31NO3P2/c1-4-19(23-17-22(23)28(24,25-5-2)26-6-3)18-27(20-13-9-7-10-14-20)21-15-11-8-12-16-21/h7-16,19,22H,4-6,17-18H2,1-3H3/t19-,22-,23?/m1/s1. The summed E-state index contributed by atoms with van der Waals surface area (Å²) < 4.78 is 24.3. The smallest absolute Gasteiger partial charge is 0.308 e. The van der Waals surface area contributed by atoms with Crippen molar-refractivity contribution in [3.8, 4) is 0 Å². The molecule has 0 radical (unpaired) electrons. The third-order valence-corrected chi connectivity index (χ3v) is 10.1. The van der Waals surface area contributed by atoms with Crippen molar-refractivity contribution in [3.63, 3.8) is 0 Å². The molecule has 1 aliphatic rings. The lowest BCUT2D eigenvalue weighted by Crippen LogP contribution is -2.28. The van der Waals surface area contributed by atoms with Gasteiger partial charge in [-0.2, -0.15) is 0 Å². The summed E-state index contributed by atoms with van der Waals surface area (Å²) in [5.41, 5.74) is 0. The Morgan fingerprint density at radius 2 is 1.46 bits per heavy atom. The molecule has 0 aromatic heterocycles. The molecule has 2 aromatic carbocycles. The van der Waals surface area contributed by atoms with Crippen molar-refractivity contribution in [2.75, 3.05) is 25.9 Å². The minimum Gasteiger partial charge on any atom is -0.308 e. The van der Waals surface area contributed by atoms with Crippen LogP contribution in [-0.2, 0) is 13.6 Å². The largest absolute Gasteiger partial charge is 0.348 e. The van der Waals surface area contributed by atoms with Gasteiger partial charge in [-0.3, -0.25) is 9.46 Å². The van der Waals surface area contributed by atoms with Crippen LogP contribution >= 0.6 is 15.5 Å². The summed E-state index contributed by atoms with van der Waals surface area (Å²) in [6.07, 6.45) is 2.07. The van der Waals surface area contributed by atoms with E-state index in [2.05, 4.69) is 72.5 Å². The van der Waals surface area contributed by atoms with Crippen LogP contribution in [0.1, 0.15) is 27.2 Å². The second-order valence-corrected chi connectivity index (χ2v) is 11.3. The molecule has 0 spiro atoms. The summed E-state index contributed by atoms with van der Waals surface area (Å²) in [7, 11) is -3.53. The molecule has 28 heavy (non-hydrogen) atoms. The summed E-state index contributed by atoms with van der Waals surface area (Å²) in [6, 6.07) is 21.9. The van der Waals surface area contributed by atoms with Gasteiger partial charge in [0.1, 0.15) is 5.78 Å². The maximum Gasteiger partial charge on any atom is 0.348 e. The summed E-state index contributed by atoms with van der Waals surface area (Å²) in [5, 5.41) is 2.77. The van der Waals surface area contributed by atoms with Gasteiger partial charge in [0, 0.05) is 12.6 Å². The van der Waals surface area contributed by atoms with Crippen LogP contribution < -0.4 is 10.6 Å². The zero-order valence-electron chi connectivity index (χ0n) is 17.0. The van der Waals surface area contributed by atoms with Gasteiger partial charge >= 0.3 is 7.60 Å². The van der Waals surface area contributed by atoms with E-state index in [4.69, 9.17) is 9.05 Å². The van der Waals surface area contributed by atoms with Gasteiger partial charge in [-0.25, -0.2) is 0 Å². The first-order valence-corrected chi connectivity index (χ1v) is 13.3. The van der Waals surface area contributed by atoms with Gasteiger partial charge < -0.3 is 9.05 Å². The average Bonchev–Trinajstić information content (AvgIpc) is 3.52. The summed E-state index contributed by atoms with van der Waals surface area (Å²) in [5.74, 6) is -0.0965. The first kappa shape index (κ1) is 21.7. The Bertz CT molecular complexity index is 722. The van der Waals surface area contributed by atoms with Crippen LogP contribution in [0.3, 0.4) is 0 Å². The third-order valence-electron chi connectivity index (χ3n) is 5.08. The number of rotatable bonds is 11. The summed E-state index contributed by atoms with van der Waals surface area (Å²) >= 11 is 0. The predicted molar refractivity (Wildman–Crippen MR) is 119 cm³/mol. The van der Waals surface area contributed by atoms with Crippen LogP contribution in [0.25, 0.3) is 0 Å². The fraction of sp³-hybridized carbons (Fsp3) is 0.455. The highest BCUT2D eigenvalue weighted by Gasteiger charge is 2.53. The van der Waals surface area contributed by atoms with Crippen LogP contribution in [0.15, 0.2) is 60.7 Å². The van der Waals surface area contributed by atoms with E-state index in [0.29, 0.717) is 19.3 Å². The highest BCUT2D eigenvalue weighted by Crippen LogP contribution is 2.60. The maximum absolute atomic E-state index is 13.2. The Labute approximate surface area is 170 Å². The number of benzene rings is 2. The van der Waals surface area contributed by atoms with Crippen LogP contribution in [0.4, 0.5) is 0 Å². The minimum absolute atomic E-state index is 0.0965. The molecule has 3 atom stereocenters. The molecule has 1 fully saturated rings. The molecule has 152 valence electrons. The second-order valence-electron chi connectivity index (χ2n) is 6.90. The molecule has 1 unspecified atom stereocenters. The maximum atomic E-state index is 13.2. The lowest BCUT2D eigenvalue weighted by Gasteiger charge is -2.26. The molecule has 0 saturated carbocycles. The Balaban J connectivity index is 1.79.